The molecule has 130 valence electrons. The molecule has 0 atom stereocenters. The van der Waals surface area contributed by atoms with Crippen molar-refractivity contribution in [1.82, 2.24) is 15.0 Å². The van der Waals surface area contributed by atoms with Gasteiger partial charge in [-0.25, -0.2) is 4.79 Å². The van der Waals surface area contributed by atoms with Gasteiger partial charge in [-0.15, -0.1) is 0 Å². The molecule has 6 nitrogen and oxygen atoms in total. The number of hydrogen-bond donors (Lipinski definition) is 3. The number of anilines is 1. The SMILES string of the molecule is CC(C)c1cc(C(=O)Nc2ccc3[nH]c(=O)[nH]c3c2)c2ccccc2n1. The van der Waals surface area contributed by atoms with Crippen molar-refractivity contribution < 1.29 is 4.79 Å². The summed E-state index contributed by atoms with van der Waals surface area (Å²) < 4.78 is 0. The van der Waals surface area contributed by atoms with Gasteiger partial charge >= 0.3 is 5.69 Å². The molecule has 0 aliphatic carbocycles. The molecule has 3 N–H and O–H groups in total. The number of H-pyrrole nitrogens is 2. The molecule has 0 aliphatic heterocycles. The second-order valence-electron chi connectivity index (χ2n) is 6.56. The third kappa shape index (κ3) is 2.86. The lowest BCUT2D eigenvalue weighted by atomic mass is 10.0. The molecular weight excluding hydrogens is 328 g/mol. The van der Waals surface area contributed by atoms with Crippen molar-refractivity contribution in [3.63, 3.8) is 0 Å². The van der Waals surface area contributed by atoms with Crippen LogP contribution < -0.4 is 11.0 Å². The maximum Gasteiger partial charge on any atom is 0.323 e. The molecule has 2 aromatic carbocycles. The predicted molar refractivity (Wildman–Crippen MR) is 103 cm³/mol. The molecule has 26 heavy (non-hydrogen) atoms. The van der Waals surface area contributed by atoms with Crippen LogP contribution in [0.25, 0.3) is 21.9 Å². The summed E-state index contributed by atoms with van der Waals surface area (Å²) >= 11 is 0. The van der Waals surface area contributed by atoms with E-state index >= 15 is 0 Å². The van der Waals surface area contributed by atoms with Crippen molar-refractivity contribution in [3.05, 3.63) is 70.3 Å². The van der Waals surface area contributed by atoms with Crippen LogP contribution in [-0.2, 0) is 0 Å². The maximum atomic E-state index is 12.9. The Labute approximate surface area is 149 Å². The van der Waals surface area contributed by atoms with E-state index < -0.39 is 0 Å². The number of amides is 1. The Morgan fingerprint density at radius 3 is 2.62 bits per heavy atom. The van der Waals surface area contributed by atoms with E-state index in [1.807, 2.05) is 30.3 Å². The molecule has 0 radical (unpaired) electrons. The number of nitrogens with one attached hydrogen (secondary N) is 3. The second-order valence-corrected chi connectivity index (χ2v) is 6.56. The first kappa shape index (κ1) is 16.1. The van der Waals surface area contributed by atoms with E-state index in [-0.39, 0.29) is 17.5 Å². The van der Waals surface area contributed by atoms with Crippen LogP contribution in [0, 0.1) is 0 Å². The van der Waals surface area contributed by atoms with Crippen molar-refractivity contribution in [2.45, 2.75) is 19.8 Å². The van der Waals surface area contributed by atoms with Gasteiger partial charge < -0.3 is 15.3 Å². The van der Waals surface area contributed by atoms with E-state index in [0.717, 1.165) is 16.6 Å². The van der Waals surface area contributed by atoms with Crippen LogP contribution in [0.5, 0.6) is 0 Å². The quantitative estimate of drug-likeness (QED) is 0.527. The smallest absolute Gasteiger partial charge is 0.322 e. The molecule has 2 aromatic heterocycles. The Morgan fingerprint density at radius 2 is 1.81 bits per heavy atom. The van der Waals surface area contributed by atoms with Gasteiger partial charge in [-0.05, 0) is 36.2 Å². The first-order valence-electron chi connectivity index (χ1n) is 8.44. The summed E-state index contributed by atoms with van der Waals surface area (Å²) in [6.07, 6.45) is 0. The molecular formula is C20H18N4O2. The zero-order chi connectivity index (χ0) is 18.3. The highest BCUT2D eigenvalue weighted by Crippen LogP contribution is 2.24. The van der Waals surface area contributed by atoms with Gasteiger partial charge in [-0.3, -0.25) is 9.78 Å². The number of nitrogens with zero attached hydrogens (tertiary/aromatic N) is 1. The lowest BCUT2D eigenvalue weighted by molar-refractivity contribution is 0.102. The highest BCUT2D eigenvalue weighted by atomic mass is 16.2. The fourth-order valence-electron chi connectivity index (χ4n) is 2.99. The fourth-order valence-corrected chi connectivity index (χ4v) is 2.99. The van der Waals surface area contributed by atoms with E-state index in [2.05, 4.69) is 34.1 Å². The second kappa shape index (κ2) is 6.15. The lowest BCUT2D eigenvalue weighted by Gasteiger charge is -2.12. The molecule has 6 heteroatoms. The van der Waals surface area contributed by atoms with Gasteiger partial charge in [-0.1, -0.05) is 32.0 Å². The molecule has 0 saturated heterocycles. The highest BCUT2D eigenvalue weighted by Gasteiger charge is 2.15. The van der Waals surface area contributed by atoms with Crippen LogP contribution >= 0.6 is 0 Å². The van der Waals surface area contributed by atoms with Gasteiger partial charge in [0, 0.05) is 16.8 Å². The van der Waals surface area contributed by atoms with Gasteiger partial charge in [0.15, 0.2) is 0 Å². The lowest BCUT2D eigenvalue weighted by Crippen LogP contribution is -2.13. The topological polar surface area (TPSA) is 90.6 Å². The number of carbonyl (C=O) groups is 1. The van der Waals surface area contributed by atoms with E-state index in [0.29, 0.717) is 22.3 Å². The third-order valence-electron chi connectivity index (χ3n) is 4.35. The van der Waals surface area contributed by atoms with Crippen LogP contribution in [0.3, 0.4) is 0 Å². The summed E-state index contributed by atoms with van der Waals surface area (Å²) in [6, 6.07) is 14.7. The minimum absolute atomic E-state index is 0.206. The minimum Gasteiger partial charge on any atom is -0.322 e. The monoisotopic (exact) mass is 346 g/mol. The maximum absolute atomic E-state index is 12.9. The van der Waals surface area contributed by atoms with Crippen LogP contribution in [0.15, 0.2) is 53.3 Å². The number of para-hydroxylation sites is 1. The Kier molecular flexibility index (Phi) is 3.80. The first-order chi connectivity index (χ1) is 12.5. The summed E-state index contributed by atoms with van der Waals surface area (Å²) in [6.45, 7) is 4.10. The van der Waals surface area contributed by atoms with Gasteiger partial charge in [0.2, 0.25) is 0 Å². The molecule has 4 aromatic rings. The molecule has 2 heterocycles. The van der Waals surface area contributed by atoms with Gasteiger partial charge in [0.05, 0.1) is 22.1 Å². The zero-order valence-corrected chi connectivity index (χ0v) is 14.5. The van der Waals surface area contributed by atoms with Crippen LogP contribution in [0.2, 0.25) is 0 Å². The first-order valence-corrected chi connectivity index (χ1v) is 8.44. The number of aromatic nitrogens is 3. The van der Waals surface area contributed by atoms with Crippen LogP contribution in [0.1, 0.15) is 35.8 Å². The molecule has 0 aliphatic rings. The Hall–Kier alpha value is -3.41. The van der Waals surface area contributed by atoms with Crippen LogP contribution in [0.4, 0.5) is 5.69 Å². The molecule has 0 bridgehead atoms. The van der Waals surface area contributed by atoms with E-state index in [1.165, 1.54) is 0 Å². The number of hydrogen-bond acceptors (Lipinski definition) is 3. The number of rotatable bonds is 3. The number of benzene rings is 2. The van der Waals surface area contributed by atoms with E-state index in [4.69, 9.17) is 0 Å². The Bertz CT molecular complexity index is 1190. The van der Waals surface area contributed by atoms with Gasteiger partial charge in [0.25, 0.3) is 5.91 Å². The summed E-state index contributed by atoms with van der Waals surface area (Å²) in [5.74, 6) is 0.00942. The highest BCUT2D eigenvalue weighted by molar-refractivity contribution is 6.12. The minimum atomic E-state index is -0.273. The van der Waals surface area contributed by atoms with Crippen molar-refractivity contribution in [1.29, 1.82) is 0 Å². The van der Waals surface area contributed by atoms with Crippen molar-refractivity contribution >= 4 is 33.5 Å². The van der Waals surface area contributed by atoms with Crippen molar-refractivity contribution in [2.75, 3.05) is 5.32 Å². The van der Waals surface area contributed by atoms with E-state index in [9.17, 15) is 9.59 Å². The predicted octanol–water partition coefficient (Wildman–Crippen LogP) is 3.78. The van der Waals surface area contributed by atoms with Crippen LogP contribution in [-0.4, -0.2) is 20.9 Å². The Balaban J connectivity index is 1.75. The third-order valence-corrected chi connectivity index (χ3v) is 4.35. The number of fused-ring (bicyclic) bond motifs is 2. The van der Waals surface area contributed by atoms with Gasteiger partial charge in [-0.2, -0.15) is 0 Å². The molecule has 0 spiro atoms. The number of aromatic amines is 2. The molecule has 0 saturated carbocycles. The van der Waals surface area contributed by atoms with Crippen molar-refractivity contribution in [2.24, 2.45) is 0 Å². The molecule has 0 fully saturated rings. The normalized spacial score (nSPS) is 11.3. The number of carbonyl (C=O) groups excluding carboxylic acids is 1. The molecule has 4 rings (SSSR count). The summed E-state index contributed by atoms with van der Waals surface area (Å²) in [5, 5.41) is 3.73. The number of pyridine rings is 1. The number of imidazole rings is 1. The Morgan fingerprint density at radius 1 is 1.04 bits per heavy atom. The van der Waals surface area contributed by atoms with Gasteiger partial charge in [0.1, 0.15) is 0 Å². The average molecular weight is 346 g/mol. The summed E-state index contributed by atoms with van der Waals surface area (Å²) in [4.78, 5) is 34.3. The average Bonchev–Trinajstić information content (AvgIpc) is 2.99. The fraction of sp³-hybridized carbons (Fsp3) is 0.150. The standard InChI is InChI=1S/C20H18N4O2/c1-11(2)17-10-14(13-5-3-4-6-15(13)22-17)19(25)21-12-7-8-16-18(9-12)24-20(26)23-16/h3-11H,1-2H3,(H,21,25)(H2,23,24,26). The molecule has 1 amide bonds. The largest absolute Gasteiger partial charge is 0.323 e. The zero-order valence-electron chi connectivity index (χ0n) is 14.5. The van der Waals surface area contributed by atoms with Crippen molar-refractivity contribution in [3.8, 4) is 0 Å². The van der Waals surface area contributed by atoms with E-state index in [1.54, 1.807) is 18.2 Å². The summed E-state index contributed by atoms with van der Waals surface area (Å²) in [7, 11) is 0. The summed E-state index contributed by atoms with van der Waals surface area (Å²) in [5.41, 5.74) is 3.95. The molecule has 0 unspecified atom stereocenters.